The van der Waals surface area contributed by atoms with Crippen LogP contribution < -0.4 is 10.6 Å². The molecule has 162 valence electrons. The number of hydrogen-bond donors (Lipinski definition) is 2. The number of nitrogens with one attached hydrogen (secondary N) is 2. The van der Waals surface area contributed by atoms with Crippen LogP contribution in [0.5, 0.6) is 0 Å². The Labute approximate surface area is 177 Å². The Kier molecular flexibility index (Phi) is 7.07. The highest BCUT2D eigenvalue weighted by atomic mass is 19.1. The zero-order valence-corrected chi connectivity index (χ0v) is 17.1. The standard InChI is InChI=1S/C22H22F2N4O3/c1-13(25-20(29)11-16-8-17(23)12-18(24)9-16)21(30)27-19(22-26-14(2)28-31-22)10-15-6-4-3-5-7-15/h3-9,12-13,19H,10-11H2,1-2H3,(H,25,29)(H,27,30). The maximum atomic E-state index is 13.3. The van der Waals surface area contributed by atoms with Crippen molar-refractivity contribution in [3.8, 4) is 0 Å². The summed E-state index contributed by atoms with van der Waals surface area (Å²) in [6.07, 6.45) is 0.153. The number of nitrogens with zero attached hydrogens (tertiary/aromatic N) is 2. The lowest BCUT2D eigenvalue weighted by atomic mass is 10.1. The van der Waals surface area contributed by atoms with E-state index in [9.17, 15) is 18.4 Å². The van der Waals surface area contributed by atoms with Crippen LogP contribution in [-0.2, 0) is 22.4 Å². The minimum atomic E-state index is -0.895. The lowest BCUT2D eigenvalue weighted by molar-refractivity contribution is -0.128. The third-order valence-corrected chi connectivity index (χ3v) is 4.50. The van der Waals surface area contributed by atoms with E-state index in [0.29, 0.717) is 12.2 Å². The fourth-order valence-corrected chi connectivity index (χ4v) is 3.06. The highest BCUT2D eigenvalue weighted by Gasteiger charge is 2.24. The molecular weight excluding hydrogens is 406 g/mol. The minimum absolute atomic E-state index is 0.172. The number of aryl methyl sites for hydroxylation is 1. The fraction of sp³-hybridized carbons (Fsp3) is 0.273. The topological polar surface area (TPSA) is 97.1 Å². The number of rotatable bonds is 8. The molecule has 9 heteroatoms. The zero-order valence-electron chi connectivity index (χ0n) is 17.1. The SMILES string of the molecule is Cc1noc(C(Cc2ccccc2)NC(=O)C(C)NC(=O)Cc2cc(F)cc(F)c2)n1. The molecular formula is C22H22F2N4O3. The van der Waals surface area contributed by atoms with Gasteiger partial charge in [0.1, 0.15) is 23.7 Å². The number of aromatic nitrogens is 2. The van der Waals surface area contributed by atoms with Crippen molar-refractivity contribution >= 4 is 11.8 Å². The van der Waals surface area contributed by atoms with Crippen molar-refractivity contribution in [3.05, 3.63) is 83.0 Å². The summed E-state index contributed by atoms with van der Waals surface area (Å²) in [5, 5.41) is 9.12. The molecule has 0 fully saturated rings. The number of carbonyl (C=O) groups excluding carboxylic acids is 2. The second-order valence-corrected chi connectivity index (χ2v) is 7.17. The van der Waals surface area contributed by atoms with Gasteiger partial charge in [-0.05, 0) is 37.1 Å². The van der Waals surface area contributed by atoms with E-state index in [1.54, 1.807) is 6.92 Å². The van der Waals surface area contributed by atoms with Gasteiger partial charge in [-0.1, -0.05) is 35.5 Å². The molecule has 0 bridgehead atoms. The first-order valence-electron chi connectivity index (χ1n) is 9.69. The molecule has 2 unspecified atom stereocenters. The van der Waals surface area contributed by atoms with Crippen molar-refractivity contribution in [1.82, 2.24) is 20.8 Å². The van der Waals surface area contributed by atoms with Gasteiger partial charge in [0.15, 0.2) is 5.82 Å². The molecule has 3 aromatic rings. The smallest absolute Gasteiger partial charge is 0.249 e. The van der Waals surface area contributed by atoms with Crippen molar-refractivity contribution in [3.63, 3.8) is 0 Å². The summed E-state index contributed by atoms with van der Waals surface area (Å²) in [4.78, 5) is 29.1. The molecule has 0 saturated carbocycles. The first kappa shape index (κ1) is 22.1. The molecule has 2 aromatic carbocycles. The van der Waals surface area contributed by atoms with Crippen LogP contribution in [0.4, 0.5) is 8.78 Å². The van der Waals surface area contributed by atoms with Crippen molar-refractivity contribution in [2.75, 3.05) is 0 Å². The van der Waals surface area contributed by atoms with E-state index >= 15 is 0 Å². The lowest BCUT2D eigenvalue weighted by Crippen LogP contribution is -2.46. The maximum absolute atomic E-state index is 13.3. The number of halogens is 2. The van der Waals surface area contributed by atoms with Gasteiger partial charge in [-0.25, -0.2) is 8.78 Å². The van der Waals surface area contributed by atoms with Crippen LogP contribution in [0.15, 0.2) is 53.1 Å². The highest BCUT2D eigenvalue weighted by Crippen LogP contribution is 2.17. The molecule has 2 N–H and O–H groups in total. The molecule has 0 radical (unpaired) electrons. The maximum Gasteiger partial charge on any atom is 0.249 e. The molecule has 0 aliphatic carbocycles. The second kappa shape index (κ2) is 9.92. The van der Waals surface area contributed by atoms with E-state index < -0.39 is 35.5 Å². The number of hydrogen-bond acceptors (Lipinski definition) is 5. The van der Waals surface area contributed by atoms with Gasteiger partial charge in [-0.3, -0.25) is 9.59 Å². The van der Waals surface area contributed by atoms with E-state index in [-0.39, 0.29) is 17.9 Å². The molecule has 2 atom stereocenters. The van der Waals surface area contributed by atoms with Gasteiger partial charge in [0.2, 0.25) is 17.7 Å². The third kappa shape index (κ3) is 6.43. The first-order valence-corrected chi connectivity index (χ1v) is 9.69. The van der Waals surface area contributed by atoms with E-state index in [1.807, 2.05) is 30.3 Å². The Morgan fingerprint density at radius 1 is 1.03 bits per heavy atom. The normalized spacial score (nSPS) is 12.8. The van der Waals surface area contributed by atoms with Crippen LogP contribution in [0.2, 0.25) is 0 Å². The molecule has 0 aliphatic rings. The monoisotopic (exact) mass is 428 g/mol. The predicted molar refractivity (Wildman–Crippen MR) is 108 cm³/mol. The first-order chi connectivity index (χ1) is 14.8. The van der Waals surface area contributed by atoms with E-state index in [0.717, 1.165) is 23.8 Å². The molecule has 31 heavy (non-hydrogen) atoms. The minimum Gasteiger partial charge on any atom is -0.344 e. The molecule has 2 amide bonds. The molecule has 3 rings (SSSR count). The summed E-state index contributed by atoms with van der Waals surface area (Å²) < 4.78 is 31.8. The number of amides is 2. The summed E-state index contributed by atoms with van der Waals surface area (Å²) in [7, 11) is 0. The molecule has 1 aromatic heterocycles. The number of benzene rings is 2. The van der Waals surface area contributed by atoms with Crippen molar-refractivity contribution in [2.45, 2.75) is 38.8 Å². The third-order valence-electron chi connectivity index (χ3n) is 4.50. The van der Waals surface area contributed by atoms with Crippen LogP contribution in [0.1, 0.15) is 35.8 Å². The summed E-state index contributed by atoms with van der Waals surface area (Å²) in [5.41, 5.74) is 1.12. The summed E-state index contributed by atoms with van der Waals surface area (Å²) in [6, 6.07) is 10.8. The van der Waals surface area contributed by atoms with Gasteiger partial charge in [-0.15, -0.1) is 0 Å². The molecule has 7 nitrogen and oxygen atoms in total. The van der Waals surface area contributed by atoms with Crippen molar-refractivity contribution < 1.29 is 22.9 Å². The molecule has 0 saturated heterocycles. The van der Waals surface area contributed by atoms with Crippen LogP contribution >= 0.6 is 0 Å². The zero-order chi connectivity index (χ0) is 22.4. The van der Waals surface area contributed by atoms with Crippen LogP contribution in [0.3, 0.4) is 0 Å². The van der Waals surface area contributed by atoms with Crippen molar-refractivity contribution in [2.24, 2.45) is 0 Å². The Morgan fingerprint density at radius 2 is 1.71 bits per heavy atom. The Bertz CT molecular complexity index is 1040. The van der Waals surface area contributed by atoms with E-state index in [1.165, 1.54) is 6.92 Å². The Morgan fingerprint density at radius 3 is 2.32 bits per heavy atom. The van der Waals surface area contributed by atoms with Gasteiger partial charge in [0.25, 0.3) is 0 Å². The van der Waals surface area contributed by atoms with E-state index in [2.05, 4.69) is 20.8 Å². The molecule has 0 spiro atoms. The fourth-order valence-electron chi connectivity index (χ4n) is 3.06. The van der Waals surface area contributed by atoms with Crippen LogP contribution in [0, 0.1) is 18.6 Å². The van der Waals surface area contributed by atoms with Gasteiger partial charge in [0.05, 0.1) is 6.42 Å². The van der Waals surface area contributed by atoms with E-state index in [4.69, 9.17) is 4.52 Å². The molecule has 1 heterocycles. The highest BCUT2D eigenvalue weighted by molar-refractivity contribution is 5.88. The van der Waals surface area contributed by atoms with Crippen LogP contribution in [0.25, 0.3) is 0 Å². The summed E-state index contributed by atoms with van der Waals surface area (Å²) in [5.74, 6) is -1.86. The average molecular weight is 428 g/mol. The largest absolute Gasteiger partial charge is 0.344 e. The lowest BCUT2D eigenvalue weighted by Gasteiger charge is -2.19. The second-order valence-electron chi connectivity index (χ2n) is 7.17. The average Bonchev–Trinajstić information content (AvgIpc) is 3.13. The van der Waals surface area contributed by atoms with Gasteiger partial charge < -0.3 is 15.2 Å². The Balaban J connectivity index is 1.64. The quantitative estimate of drug-likeness (QED) is 0.575. The predicted octanol–water partition coefficient (Wildman–Crippen LogP) is 2.80. The summed E-state index contributed by atoms with van der Waals surface area (Å²) >= 11 is 0. The van der Waals surface area contributed by atoms with Gasteiger partial charge >= 0.3 is 0 Å². The van der Waals surface area contributed by atoms with Crippen LogP contribution in [-0.4, -0.2) is 28.0 Å². The summed E-state index contributed by atoms with van der Waals surface area (Å²) in [6.45, 7) is 3.19. The van der Waals surface area contributed by atoms with Gasteiger partial charge in [-0.2, -0.15) is 4.98 Å². The van der Waals surface area contributed by atoms with Gasteiger partial charge in [0, 0.05) is 12.5 Å². The van der Waals surface area contributed by atoms with Crippen molar-refractivity contribution in [1.29, 1.82) is 0 Å². The molecule has 0 aliphatic heterocycles. The number of carbonyl (C=O) groups is 2. The Hall–Kier alpha value is -3.62.